The van der Waals surface area contributed by atoms with Crippen LogP contribution >= 0.6 is 0 Å². The number of benzene rings is 1. The summed E-state index contributed by atoms with van der Waals surface area (Å²) < 4.78 is 0. The molecule has 0 heterocycles. The van der Waals surface area contributed by atoms with Crippen molar-refractivity contribution in [3.8, 4) is 0 Å². The van der Waals surface area contributed by atoms with Gasteiger partial charge in [-0.05, 0) is 24.6 Å². The molecule has 1 aromatic rings. The Kier molecular flexibility index (Phi) is 6.69. The third kappa shape index (κ3) is 4.64. The molecule has 0 bridgehead atoms. The number of hydrogen-bond acceptors (Lipinski definition) is 4. The second-order valence-electron chi connectivity index (χ2n) is 4.51. The monoisotopic (exact) mass is 278 g/mol. The lowest BCUT2D eigenvalue weighted by Crippen LogP contribution is -2.36. The van der Waals surface area contributed by atoms with Crippen molar-refractivity contribution in [3.63, 3.8) is 0 Å². The minimum atomic E-state index is -0.322. The fraction of sp³-hybridized carbons (Fsp3) is 0.429. The molecule has 0 aromatic heterocycles. The van der Waals surface area contributed by atoms with Gasteiger partial charge in [0.25, 0.3) is 5.91 Å². The third-order valence-corrected chi connectivity index (χ3v) is 2.97. The number of nitrogen functional groups attached to an aromatic ring is 1. The largest absolute Gasteiger partial charge is 0.358 e. The van der Waals surface area contributed by atoms with Crippen LogP contribution in [0.1, 0.15) is 29.3 Å². The van der Waals surface area contributed by atoms with Crippen LogP contribution in [0.15, 0.2) is 24.3 Å². The molecule has 0 unspecified atom stereocenters. The van der Waals surface area contributed by atoms with Crippen molar-refractivity contribution in [2.45, 2.75) is 19.9 Å². The molecule has 2 amide bonds. The number of likely N-dealkylation sites (N-methyl/N-ethyl adjacent to an activating group) is 1. The van der Waals surface area contributed by atoms with E-state index >= 15 is 0 Å². The molecule has 0 saturated heterocycles. The van der Waals surface area contributed by atoms with Crippen LogP contribution in [-0.4, -0.2) is 36.9 Å². The van der Waals surface area contributed by atoms with E-state index in [1.54, 1.807) is 19.2 Å². The van der Waals surface area contributed by atoms with Gasteiger partial charge >= 0.3 is 0 Å². The Morgan fingerprint density at radius 2 is 2.00 bits per heavy atom. The summed E-state index contributed by atoms with van der Waals surface area (Å²) in [7, 11) is 1.61. The maximum absolute atomic E-state index is 11.7. The number of amides is 2. The lowest BCUT2D eigenvalue weighted by Gasteiger charge is -2.22. The zero-order valence-corrected chi connectivity index (χ0v) is 12.0. The Morgan fingerprint density at radius 3 is 2.60 bits per heavy atom. The highest BCUT2D eigenvalue weighted by molar-refractivity contribution is 5.95. The van der Waals surface area contributed by atoms with Crippen LogP contribution in [0.5, 0.6) is 0 Å². The Hall–Kier alpha value is -1.92. The molecule has 0 aliphatic rings. The Bertz CT molecular complexity index is 462. The van der Waals surface area contributed by atoms with Gasteiger partial charge in [0.1, 0.15) is 0 Å². The molecule has 1 rings (SSSR count). The second kappa shape index (κ2) is 8.29. The molecule has 0 aliphatic heterocycles. The molecule has 110 valence electrons. The summed E-state index contributed by atoms with van der Waals surface area (Å²) in [6, 6.07) is 7.25. The Balaban J connectivity index is 2.87. The topological polar surface area (TPSA) is 87.5 Å². The number of nitrogens with one attached hydrogen (secondary N) is 2. The van der Waals surface area contributed by atoms with E-state index in [-0.39, 0.29) is 11.8 Å². The van der Waals surface area contributed by atoms with Crippen molar-refractivity contribution in [2.75, 3.05) is 20.1 Å². The summed E-state index contributed by atoms with van der Waals surface area (Å²) in [4.78, 5) is 25.2. The van der Waals surface area contributed by atoms with Crippen molar-refractivity contribution >= 4 is 11.8 Å². The summed E-state index contributed by atoms with van der Waals surface area (Å²) in [6.07, 6.45) is 0.933. The van der Waals surface area contributed by atoms with E-state index in [9.17, 15) is 9.59 Å². The van der Waals surface area contributed by atoms with E-state index in [0.717, 1.165) is 18.5 Å². The minimum Gasteiger partial charge on any atom is -0.358 e. The average Bonchev–Trinajstić information content (AvgIpc) is 2.47. The molecule has 0 radical (unpaired) electrons. The van der Waals surface area contributed by atoms with Gasteiger partial charge in [-0.2, -0.15) is 0 Å². The van der Waals surface area contributed by atoms with E-state index in [2.05, 4.69) is 17.7 Å². The second-order valence-corrected chi connectivity index (χ2v) is 4.51. The quantitative estimate of drug-likeness (QED) is 0.379. The fourth-order valence-electron chi connectivity index (χ4n) is 2.01. The van der Waals surface area contributed by atoms with Gasteiger partial charge in [-0.25, -0.2) is 5.84 Å². The highest BCUT2D eigenvalue weighted by atomic mass is 16.2. The molecule has 20 heavy (non-hydrogen) atoms. The number of hydrogen-bond donors (Lipinski definition) is 3. The van der Waals surface area contributed by atoms with Crippen LogP contribution in [0, 0.1) is 0 Å². The molecule has 0 spiro atoms. The van der Waals surface area contributed by atoms with Crippen molar-refractivity contribution in [1.82, 2.24) is 15.6 Å². The zero-order valence-electron chi connectivity index (χ0n) is 12.0. The minimum absolute atomic E-state index is 0.0424. The van der Waals surface area contributed by atoms with Gasteiger partial charge in [0.05, 0.1) is 6.54 Å². The molecule has 0 atom stereocenters. The van der Waals surface area contributed by atoms with Gasteiger partial charge in [0.15, 0.2) is 0 Å². The van der Waals surface area contributed by atoms with Crippen LogP contribution in [0.3, 0.4) is 0 Å². The standard InChI is InChI=1S/C14H22N4O2/c1-3-8-18(10-13(19)16-2)9-11-6-4-5-7-12(11)14(20)17-15/h4-7H,3,8-10,15H2,1-2H3,(H,16,19)(H,17,20). The molecule has 0 fully saturated rings. The molecule has 1 aromatic carbocycles. The lowest BCUT2D eigenvalue weighted by atomic mass is 10.1. The van der Waals surface area contributed by atoms with Gasteiger partial charge in [-0.1, -0.05) is 25.1 Å². The predicted molar refractivity (Wildman–Crippen MR) is 77.7 cm³/mol. The van der Waals surface area contributed by atoms with E-state index in [0.29, 0.717) is 18.7 Å². The smallest absolute Gasteiger partial charge is 0.265 e. The van der Waals surface area contributed by atoms with E-state index in [1.165, 1.54) is 0 Å². The first-order valence-electron chi connectivity index (χ1n) is 6.64. The SMILES string of the molecule is CCCN(CC(=O)NC)Cc1ccccc1C(=O)NN. The summed E-state index contributed by atoms with van der Waals surface area (Å²) in [5, 5.41) is 2.61. The maximum atomic E-state index is 11.7. The van der Waals surface area contributed by atoms with Gasteiger partial charge in [-0.15, -0.1) is 0 Å². The Morgan fingerprint density at radius 1 is 1.30 bits per heavy atom. The van der Waals surface area contributed by atoms with Crippen LogP contribution in [-0.2, 0) is 11.3 Å². The van der Waals surface area contributed by atoms with Gasteiger partial charge in [-0.3, -0.25) is 19.9 Å². The van der Waals surface area contributed by atoms with Crippen LogP contribution in [0.25, 0.3) is 0 Å². The average molecular weight is 278 g/mol. The first kappa shape index (κ1) is 16.1. The van der Waals surface area contributed by atoms with E-state index < -0.39 is 0 Å². The zero-order chi connectivity index (χ0) is 15.0. The maximum Gasteiger partial charge on any atom is 0.265 e. The Labute approximate surface area is 119 Å². The molecule has 0 aliphatic carbocycles. The number of carbonyl (C=O) groups excluding carboxylic acids is 2. The molecule has 6 heteroatoms. The summed E-state index contributed by atoms with van der Waals surface area (Å²) in [5.41, 5.74) is 3.53. The van der Waals surface area contributed by atoms with Crippen LogP contribution in [0.2, 0.25) is 0 Å². The van der Waals surface area contributed by atoms with Crippen molar-refractivity contribution in [2.24, 2.45) is 5.84 Å². The molecule has 6 nitrogen and oxygen atoms in total. The molecule has 4 N–H and O–H groups in total. The third-order valence-electron chi connectivity index (χ3n) is 2.97. The van der Waals surface area contributed by atoms with E-state index in [1.807, 2.05) is 17.0 Å². The van der Waals surface area contributed by atoms with Gasteiger partial charge in [0.2, 0.25) is 5.91 Å². The van der Waals surface area contributed by atoms with Crippen LogP contribution < -0.4 is 16.6 Å². The highest BCUT2D eigenvalue weighted by Crippen LogP contribution is 2.12. The first-order chi connectivity index (χ1) is 9.62. The molecular weight excluding hydrogens is 256 g/mol. The van der Waals surface area contributed by atoms with Crippen molar-refractivity contribution in [3.05, 3.63) is 35.4 Å². The van der Waals surface area contributed by atoms with Gasteiger partial charge < -0.3 is 5.32 Å². The molecule has 0 saturated carbocycles. The first-order valence-corrected chi connectivity index (χ1v) is 6.64. The number of carbonyl (C=O) groups is 2. The predicted octanol–water partition coefficient (Wildman–Crippen LogP) is 0.248. The molecular formula is C14H22N4O2. The van der Waals surface area contributed by atoms with E-state index in [4.69, 9.17) is 5.84 Å². The normalized spacial score (nSPS) is 10.4. The summed E-state index contributed by atoms with van der Waals surface area (Å²) in [5.74, 6) is 4.82. The highest BCUT2D eigenvalue weighted by Gasteiger charge is 2.14. The van der Waals surface area contributed by atoms with Crippen molar-refractivity contribution in [1.29, 1.82) is 0 Å². The fourth-order valence-corrected chi connectivity index (χ4v) is 2.01. The number of nitrogens with two attached hydrogens (primary N) is 1. The summed E-state index contributed by atoms with van der Waals surface area (Å²) >= 11 is 0. The number of rotatable bonds is 7. The number of hydrazine groups is 1. The van der Waals surface area contributed by atoms with Gasteiger partial charge in [0, 0.05) is 19.2 Å². The van der Waals surface area contributed by atoms with Crippen molar-refractivity contribution < 1.29 is 9.59 Å². The number of nitrogens with zero attached hydrogens (tertiary/aromatic N) is 1. The summed E-state index contributed by atoms with van der Waals surface area (Å²) in [6.45, 7) is 3.68. The lowest BCUT2D eigenvalue weighted by molar-refractivity contribution is -0.121. The van der Waals surface area contributed by atoms with Crippen LogP contribution in [0.4, 0.5) is 0 Å².